The van der Waals surface area contributed by atoms with Gasteiger partial charge in [-0.15, -0.1) is 0 Å². The van der Waals surface area contributed by atoms with Gasteiger partial charge in [0.2, 0.25) is 15.9 Å². The third-order valence-corrected chi connectivity index (χ3v) is 10.5. The Bertz CT molecular complexity index is 1940. The van der Waals surface area contributed by atoms with Crippen molar-refractivity contribution in [3.63, 3.8) is 0 Å². The van der Waals surface area contributed by atoms with Crippen LogP contribution in [0.25, 0.3) is 10.9 Å². The monoisotopic (exact) mass is 631 g/mol. The van der Waals surface area contributed by atoms with E-state index in [1.165, 1.54) is 23.2 Å². The highest BCUT2D eigenvalue weighted by Crippen LogP contribution is 2.37. The van der Waals surface area contributed by atoms with Gasteiger partial charge in [-0.25, -0.2) is 25.5 Å². The summed E-state index contributed by atoms with van der Waals surface area (Å²) in [5, 5.41) is 3.55. The Hall–Kier alpha value is -4.45. The van der Waals surface area contributed by atoms with E-state index in [1.54, 1.807) is 66.9 Å². The number of aromatic nitrogens is 1. The molecule has 1 amide bonds. The molecule has 1 aromatic heterocycles. The number of hydrogen-bond acceptors (Lipinski definition) is 6. The van der Waals surface area contributed by atoms with E-state index in [1.807, 2.05) is 36.4 Å². The van der Waals surface area contributed by atoms with Crippen LogP contribution in [-0.4, -0.2) is 46.9 Å². The first-order valence-corrected chi connectivity index (χ1v) is 17.0. The van der Waals surface area contributed by atoms with Crippen LogP contribution >= 0.6 is 0 Å². The van der Waals surface area contributed by atoms with Crippen molar-refractivity contribution in [2.24, 2.45) is 0 Å². The van der Waals surface area contributed by atoms with Gasteiger partial charge in [-0.1, -0.05) is 72.8 Å². The molecule has 0 saturated carbocycles. The third kappa shape index (κ3) is 6.85. The Labute approximate surface area is 257 Å². The minimum absolute atomic E-state index is 0.0838. The molecule has 0 radical (unpaired) electrons. The highest BCUT2D eigenvalue weighted by Gasteiger charge is 2.25. The summed E-state index contributed by atoms with van der Waals surface area (Å²) in [6, 6.07) is 31.5. The van der Waals surface area contributed by atoms with Crippen molar-refractivity contribution < 1.29 is 26.4 Å². The van der Waals surface area contributed by atoms with E-state index in [0.717, 1.165) is 16.5 Å². The Morgan fingerprint density at radius 2 is 1.41 bits per heavy atom. The second-order valence-electron chi connectivity index (χ2n) is 10.2. The predicted octanol–water partition coefficient (Wildman–Crippen LogP) is 4.70. The third-order valence-electron chi connectivity index (χ3n) is 7.39. The summed E-state index contributed by atoms with van der Waals surface area (Å²) >= 11 is 0. The first-order chi connectivity index (χ1) is 21.2. The molecule has 11 heteroatoms. The summed E-state index contributed by atoms with van der Waals surface area (Å²) in [6.07, 6.45) is 2.69. The maximum absolute atomic E-state index is 13.6. The minimum atomic E-state index is -3.90. The summed E-state index contributed by atoms with van der Waals surface area (Å²) in [5.74, 6) is -0.143. The van der Waals surface area contributed by atoms with Crippen LogP contribution in [0.1, 0.15) is 23.5 Å². The van der Waals surface area contributed by atoms with Crippen molar-refractivity contribution in [1.82, 2.24) is 14.0 Å². The number of ether oxygens (including phenoxy) is 1. The van der Waals surface area contributed by atoms with Gasteiger partial charge in [-0.2, -0.15) is 0 Å². The van der Waals surface area contributed by atoms with Gasteiger partial charge in [-0.05, 0) is 66.3 Å². The van der Waals surface area contributed by atoms with E-state index >= 15 is 0 Å². The van der Waals surface area contributed by atoms with Crippen molar-refractivity contribution in [2.45, 2.75) is 28.6 Å². The molecule has 1 atom stereocenters. The second kappa shape index (κ2) is 13.5. The normalized spacial score (nSPS) is 12.6. The number of hydrogen-bond donors (Lipinski definition) is 2. The summed E-state index contributed by atoms with van der Waals surface area (Å²) in [6.45, 7) is -0.118. The summed E-state index contributed by atoms with van der Waals surface area (Å²) in [4.78, 5) is 12.9. The largest absolute Gasteiger partial charge is 0.495 e. The Balaban J connectivity index is 1.40. The van der Waals surface area contributed by atoms with E-state index in [-0.39, 0.29) is 22.3 Å². The van der Waals surface area contributed by atoms with Crippen LogP contribution < -0.4 is 14.8 Å². The number of sulfonamides is 1. The highest BCUT2D eigenvalue weighted by molar-refractivity contribution is 7.90. The molecule has 0 spiro atoms. The molecule has 0 aliphatic carbocycles. The van der Waals surface area contributed by atoms with Gasteiger partial charge >= 0.3 is 0 Å². The zero-order valence-corrected chi connectivity index (χ0v) is 25.7. The molecule has 1 heterocycles. The van der Waals surface area contributed by atoms with E-state index in [9.17, 15) is 21.6 Å². The zero-order valence-electron chi connectivity index (χ0n) is 24.1. The van der Waals surface area contributed by atoms with Gasteiger partial charge in [-0.3, -0.25) is 4.79 Å². The van der Waals surface area contributed by atoms with Crippen LogP contribution in [0, 0.1) is 0 Å². The van der Waals surface area contributed by atoms with E-state index < -0.39 is 32.5 Å². The molecule has 0 aliphatic rings. The predicted molar refractivity (Wildman–Crippen MR) is 170 cm³/mol. The number of amides is 1. The number of carbonyl (C=O) groups is 1. The Kier molecular flexibility index (Phi) is 9.48. The van der Waals surface area contributed by atoms with Gasteiger partial charge in [0.1, 0.15) is 11.3 Å². The maximum Gasteiger partial charge on any atom is 0.268 e. The summed E-state index contributed by atoms with van der Waals surface area (Å²) in [5.41, 5.74) is 2.43. The molecule has 9 nitrogen and oxygen atoms in total. The van der Waals surface area contributed by atoms with Gasteiger partial charge in [0.15, 0.2) is 0 Å². The smallest absolute Gasteiger partial charge is 0.268 e. The second-order valence-corrected chi connectivity index (χ2v) is 13.8. The number of nitrogens with one attached hydrogen (secondary N) is 2. The average molecular weight is 632 g/mol. The molecule has 0 bridgehead atoms. The van der Waals surface area contributed by atoms with Crippen LogP contribution in [0.5, 0.6) is 5.75 Å². The zero-order chi connectivity index (χ0) is 31.2. The van der Waals surface area contributed by atoms with Crippen molar-refractivity contribution >= 4 is 36.9 Å². The van der Waals surface area contributed by atoms with Crippen molar-refractivity contribution in [2.75, 3.05) is 20.2 Å². The molecule has 0 saturated heterocycles. The first kappa shape index (κ1) is 31.0. The SMILES string of the molecule is COc1ccc(C(CCNC(=O)CNS(=O)(=O)c2ccccc2)Cc2ccccc2)c2ccn(S(=O)(=O)c3ccccc3)c12. The van der Waals surface area contributed by atoms with E-state index in [4.69, 9.17) is 4.74 Å². The van der Waals surface area contributed by atoms with Gasteiger partial charge in [0, 0.05) is 18.1 Å². The molecule has 228 valence electrons. The number of carbonyl (C=O) groups excluding carboxylic acids is 1. The average Bonchev–Trinajstić information content (AvgIpc) is 3.51. The summed E-state index contributed by atoms with van der Waals surface area (Å²) < 4.78 is 61.5. The van der Waals surface area contributed by atoms with Crippen molar-refractivity contribution in [1.29, 1.82) is 0 Å². The quantitative estimate of drug-likeness (QED) is 0.194. The van der Waals surface area contributed by atoms with Crippen LogP contribution in [-0.2, 0) is 31.3 Å². The lowest BCUT2D eigenvalue weighted by Crippen LogP contribution is -2.37. The molecular formula is C33H33N3O6S2. The Morgan fingerprint density at radius 3 is 2.05 bits per heavy atom. The highest BCUT2D eigenvalue weighted by atomic mass is 32.2. The van der Waals surface area contributed by atoms with Gasteiger partial charge in [0.25, 0.3) is 10.0 Å². The topological polar surface area (TPSA) is 124 Å². The minimum Gasteiger partial charge on any atom is -0.495 e. The number of benzene rings is 4. The molecule has 44 heavy (non-hydrogen) atoms. The molecule has 5 aromatic rings. The van der Waals surface area contributed by atoms with Crippen molar-refractivity contribution in [3.8, 4) is 5.75 Å². The lowest BCUT2D eigenvalue weighted by molar-refractivity contribution is -0.119. The van der Waals surface area contributed by atoms with Gasteiger partial charge in [0.05, 0.1) is 23.4 Å². The van der Waals surface area contributed by atoms with Crippen LogP contribution in [0.3, 0.4) is 0 Å². The Morgan fingerprint density at radius 1 is 0.795 bits per heavy atom. The fourth-order valence-corrected chi connectivity index (χ4v) is 7.59. The number of fused-ring (bicyclic) bond motifs is 1. The number of methoxy groups -OCH3 is 1. The fourth-order valence-electron chi connectivity index (χ4n) is 5.21. The van der Waals surface area contributed by atoms with Gasteiger partial charge < -0.3 is 10.1 Å². The number of nitrogens with zero attached hydrogens (tertiary/aromatic N) is 1. The molecule has 4 aromatic carbocycles. The molecular weight excluding hydrogens is 599 g/mol. The van der Waals surface area contributed by atoms with Crippen molar-refractivity contribution in [3.05, 3.63) is 127 Å². The number of rotatable bonds is 13. The van der Waals surface area contributed by atoms with Crippen LogP contribution in [0.4, 0.5) is 0 Å². The fraction of sp³-hybridized carbons (Fsp3) is 0.182. The lowest BCUT2D eigenvalue weighted by atomic mass is 9.87. The molecule has 5 rings (SSSR count). The maximum atomic E-state index is 13.6. The molecule has 1 unspecified atom stereocenters. The van der Waals surface area contributed by atoms with Crippen LogP contribution in [0.2, 0.25) is 0 Å². The molecule has 0 fully saturated rings. The van der Waals surface area contributed by atoms with E-state index in [2.05, 4.69) is 10.0 Å². The standard InChI is InChI=1S/C33H33N3O6S2/c1-42-31-18-17-29(30-20-22-36(33(30)31)44(40,41)28-15-9-4-10-16-28)26(23-25-11-5-2-6-12-25)19-21-34-32(37)24-35-43(38,39)27-13-7-3-8-14-27/h2-18,20,22,26,35H,19,21,23-24H2,1H3,(H,34,37). The molecule has 2 N–H and O–H groups in total. The van der Waals surface area contributed by atoms with E-state index in [0.29, 0.717) is 24.1 Å². The lowest BCUT2D eigenvalue weighted by Gasteiger charge is -2.20. The summed E-state index contributed by atoms with van der Waals surface area (Å²) in [7, 11) is -6.21. The molecule has 0 aliphatic heterocycles. The first-order valence-electron chi connectivity index (χ1n) is 14.0. The van der Waals surface area contributed by atoms with Crippen LogP contribution in [0.15, 0.2) is 125 Å².